The molecule has 0 spiro atoms. The predicted octanol–water partition coefficient (Wildman–Crippen LogP) is 2.00. The number of hydrogen-bond donors (Lipinski definition) is 1. The predicted molar refractivity (Wildman–Crippen MR) is 101 cm³/mol. The number of piperazine rings is 1. The molecule has 3 rings (SSSR count). The normalized spacial score (nSPS) is 14.5. The molecule has 1 fully saturated rings. The molecule has 0 bridgehead atoms. The number of aromatic amines is 1. The molecule has 8 heteroatoms. The third kappa shape index (κ3) is 4.01. The zero-order chi connectivity index (χ0) is 18.7. The first-order valence-electron chi connectivity index (χ1n) is 8.71. The van der Waals surface area contributed by atoms with Crippen molar-refractivity contribution in [2.75, 3.05) is 26.2 Å². The van der Waals surface area contributed by atoms with Crippen molar-refractivity contribution in [1.29, 1.82) is 0 Å². The lowest BCUT2D eigenvalue weighted by atomic mass is 10.1. The van der Waals surface area contributed by atoms with E-state index in [0.717, 1.165) is 11.4 Å². The fraction of sp³-hybridized carbons (Fsp3) is 0.444. The summed E-state index contributed by atoms with van der Waals surface area (Å²) in [4.78, 5) is 27.5. The van der Waals surface area contributed by atoms with Gasteiger partial charge in [-0.25, -0.2) is 0 Å². The number of benzene rings is 1. The molecule has 2 aromatic rings. The molecule has 0 radical (unpaired) electrons. The first-order chi connectivity index (χ1) is 12.5. The van der Waals surface area contributed by atoms with Gasteiger partial charge in [0.2, 0.25) is 11.8 Å². The van der Waals surface area contributed by atoms with Crippen molar-refractivity contribution in [3.8, 4) is 11.4 Å². The van der Waals surface area contributed by atoms with Crippen LogP contribution in [0.4, 0.5) is 0 Å². The molecule has 1 saturated heterocycles. The van der Waals surface area contributed by atoms with E-state index in [0.29, 0.717) is 43.9 Å². The van der Waals surface area contributed by atoms with Crippen LogP contribution >= 0.6 is 12.2 Å². The fourth-order valence-corrected chi connectivity index (χ4v) is 3.31. The van der Waals surface area contributed by atoms with E-state index in [-0.39, 0.29) is 11.8 Å². The number of aryl methyl sites for hydroxylation is 1. The van der Waals surface area contributed by atoms with E-state index in [4.69, 9.17) is 12.2 Å². The summed E-state index contributed by atoms with van der Waals surface area (Å²) in [6.45, 7) is 6.43. The molecular weight excluding hydrogens is 350 g/mol. The zero-order valence-electron chi connectivity index (χ0n) is 15.1. The summed E-state index contributed by atoms with van der Waals surface area (Å²) >= 11 is 5.33. The first-order valence-corrected chi connectivity index (χ1v) is 9.12. The maximum atomic E-state index is 12.5. The average Bonchev–Trinajstić information content (AvgIpc) is 3.01. The molecule has 1 aromatic heterocycles. The molecule has 1 aliphatic heterocycles. The van der Waals surface area contributed by atoms with Crippen LogP contribution in [0.1, 0.15) is 18.9 Å². The first kappa shape index (κ1) is 18.3. The third-order valence-corrected chi connectivity index (χ3v) is 5.01. The summed E-state index contributed by atoms with van der Waals surface area (Å²) in [7, 11) is 0. The Balaban J connectivity index is 1.64. The average molecular weight is 373 g/mol. The zero-order valence-corrected chi connectivity index (χ0v) is 15.9. The maximum Gasteiger partial charge on any atom is 0.224 e. The standard InChI is InChI=1S/C18H23N5O2S/c1-13-3-5-15(6-4-13)17-19-20-18(26)23(17)8-7-16(25)22-11-9-21(10-12-22)14(2)24/h3-6H,7-12H2,1-2H3,(H,20,26). The number of hydrogen-bond acceptors (Lipinski definition) is 4. The smallest absolute Gasteiger partial charge is 0.224 e. The second kappa shape index (κ2) is 7.82. The van der Waals surface area contributed by atoms with E-state index in [9.17, 15) is 9.59 Å². The van der Waals surface area contributed by atoms with Gasteiger partial charge in [0.05, 0.1) is 0 Å². The van der Waals surface area contributed by atoms with Crippen LogP contribution < -0.4 is 0 Å². The number of carbonyl (C=O) groups is 2. The third-order valence-electron chi connectivity index (χ3n) is 4.70. The number of aromatic nitrogens is 3. The van der Waals surface area contributed by atoms with Gasteiger partial charge in [-0.3, -0.25) is 19.3 Å². The number of nitrogens with zero attached hydrogens (tertiary/aromatic N) is 4. The van der Waals surface area contributed by atoms with Gasteiger partial charge in [-0.1, -0.05) is 29.8 Å². The number of carbonyl (C=O) groups excluding carboxylic acids is 2. The van der Waals surface area contributed by atoms with Crippen molar-refractivity contribution in [2.24, 2.45) is 0 Å². The van der Waals surface area contributed by atoms with Crippen molar-refractivity contribution in [3.05, 3.63) is 34.6 Å². The Morgan fingerprint density at radius 3 is 2.35 bits per heavy atom. The highest BCUT2D eigenvalue weighted by Gasteiger charge is 2.22. The van der Waals surface area contributed by atoms with Gasteiger partial charge in [0.15, 0.2) is 10.6 Å². The van der Waals surface area contributed by atoms with Gasteiger partial charge in [0, 0.05) is 51.6 Å². The minimum Gasteiger partial charge on any atom is -0.339 e. The minimum atomic E-state index is 0.0598. The van der Waals surface area contributed by atoms with Gasteiger partial charge < -0.3 is 9.80 Å². The molecule has 2 heterocycles. The largest absolute Gasteiger partial charge is 0.339 e. The Morgan fingerprint density at radius 2 is 1.73 bits per heavy atom. The summed E-state index contributed by atoms with van der Waals surface area (Å²) in [5.41, 5.74) is 2.14. The van der Waals surface area contributed by atoms with Gasteiger partial charge in [-0.2, -0.15) is 5.10 Å². The molecule has 0 unspecified atom stereocenters. The highest BCUT2D eigenvalue weighted by Crippen LogP contribution is 2.18. The molecule has 0 saturated carbocycles. The van der Waals surface area contributed by atoms with E-state index in [1.165, 1.54) is 5.56 Å². The maximum absolute atomic E-state index is 12.5. The molecule has 1 N–H and O–H groups in total. The Bertz CT molecular complexity index is 847. The molecule has 1 aliphatic rings. The van der Waals surface area contributed by atoms with Crippen molar-refractivity contribution >= 4 is 24.0 Å². The van der Waals surface area contributed by atoms with Crippen LogP contribution in [-0.4, -0.2) is 62.6 Å². The Kier molecular flexibility index (Phi) is 5.51. The monoisotopic (exact) mass is 373 g/mol. The van der Waals surface area contributed by atoms with Crippen molar-refractivity contribution < 1.29 is 9.59 Å². The van der Waals surface area contributed by atoms with Gasteiger partial charge >= 0.3 is 0 Å². The highest BCUT2D eigenvalue weighted by atomic mass is 32.1. The second-order valence-corrected chi connectivity index (χ2v) is 6.89. The van der Waals surface area contributed by atoms with E-state index in [1.807, 2.05) is 40.7 Å². The van der Waals surface area contributed by atoms with Crippen LogP contribution in [0.5, 0.6) is 0 Å². The topological polar surface area (TPSA) is 74.2 Å². The summed E-state index contributed by atoms with van der Waals surface area (Å²) in [6.07, 6.45) is 0.354. The summed E-state index contributed by atoms with van der Waals surface area (Å²) in [5.74, 6) is 0.875. The highest BCUT2D eigenvalue weighted by molar-refractivity contribution is 7.71. The van der Waals surface area contributed by atoms with E-state index in [2.05, 4.69) is 10.2 Å². The SMILES string of the molecule is CC(=O)N1CCN(C(=O)CCn2c(-c3ccc(C)cc3)n[nH]c2=S)CC1. The number of nitrogens with one attached hydrogen (secondary N) is 1. The number of rotatable bonds is 4. The molecular formula is C18H23N5O2S. The van der Waals surface area contributed by atoms with Crippen molar-refractivity contribution in [2.45, 2.75) is 26.8 Å². The minimum absolute atomic E-state index is 0.0598. The van der Waals surface area contributed by atoms with Crippen molar-refractivity contribution in [3.63, 3.8) is 0 Å². The van der Waals surface area contributed by atoms with E-state index >= 15 is 0 Å². The van der Waals surface area contributed by atoms with Crippen LogP contribution in [0, 0.1) is 11.7 Å². The van der Waals surface area contributed by atoms with Gasteiger partial charge in [-0.15, -0.1) is 0 Å². The van der Waals surface area contributed by atoms with Crippen LogP contribution in [-0.2, 0) is 16.1 Å². The molecule has 0 aliphatic carbocycles. The molecule has 1 aromatic carbocycles. The quantitative estimate of drug-likeness (QED) is 0.832. The molecule has 2 amide bonds. The van der Waals surface area contributed by atoms with Gasteiger partial charge in [-0.05, 0) is 19.1 Å². The molecule has 0 atom stereocenters. The second-order valence-electron chi connectivity index (χ2n) is 6.51. The lowest BCUT2D eigenvalue weighted by molar-refractivity contribution is -0.138. The summed E-state index contributed by atoms with van der Waals surface area (Å²) in [5, 5.41) is 7.13. The molecule has 7 nitrogen and oxygen atoms in total. The van der Waals surface area contributed by atoms with E-state index < -0.39 is 0 Å². The van der Waals surface area contributed by atoms with Gasteiger partial charge in [0.1, 0.15) is 0 Å². The van der Waals surface area contributed by atoms with E-state index in [1.54, 1.807) is 11.8 Å². The van der Waals surface area contributed by atoms with Crippen LogP contribution in [0.3, 0.4) is 0 Å². The molecule has 138 valence electrons. The van der Waals surface area contributed by atoms with Crippen LogP contribution in [0.2, 0.25) is 0 Å². The lowest BCUT2D eigenvalue weighted by Gasteiger charge is -2.34. The summed E-state index contributed by atoms with van der Waals surface area (Å²) in [6, 6.07) is 8.05. The Morgan fingerprint density at radius 1 is 1.12 bits per heavy atom. The number of amides is 2. The number of H-pyrrole nitrogens is 1. The van der Waals surface area contributed by atoms with Gasteiger partial charge in [0.25, 0.3) is 0 Å². The Labute approximate surface area is 157 Å². The van der Waals surface area contributed by atoms with Crippen LogP contribution in [0.15, 0.2) is 24.3 Å². The summed E-state index contributed by atoms with van der Waals surface area (Å²) < 4.78 is 2.37. The molecule has 26 heavy (non-hydrogen) atoms. The van der Waals surface area contributed by atoms with Crippen LogP contribution in [0.25, 0.3) is 11.4 Å². The lowest BCUT2D eigenvalue weighted by Crippen LogP contribution is -2.50. The Hall–Kier alpha value is -2.48. The fourth-order valence-electron chi connectivity index (χ4n) is 3.08. The van der Waals surface area contributed by atoms with Crippen molar-refractivity contribution in [1.82, 2.24) is 24.6 Å².